The van der Waals surface area contributed by atoms with Crippen LogP contribution in [0, 0.1) is 13.8 Å². The third-order valence-corrected chi connectivity index (χ3v) is 7.60. The van der Waals surface area contributed by atoms with E-state index in [1.165, 1.54) is 5.56 Å². The first-order valence-electron chi connectivity index (χ1n) is 13.8. The van der Waals surface area contributed by atoms with Crippen molar-refractivity contribution >= 4 is 10.9 Å². The third kappa shape index (κ3) is 5.97. The fraction of sp³-hybridized carbons (Fsp3) is 0.312. The molecule has 2 heterocycles. The zero-order chi connectivity index (χ0) is 28.1. The molecule has 1 unspecified atom stereocenters. The topological polar surface area (TPSA) is 88.9 Å². The number of nitrogens with zero attached hydrogens (tertiary/aromatic N) is 5. The highest BCUT2D eigenvalue weighted by Gasteiger charge is 2.26. The quantitative estimate of drug-likeness (QED) is 0.244. The van der Waals surface area contributed by atoms with E-state index in [0.717, 1.165) is 64.1 Å². The van der Waals surface area contributed by atoms with Crippen LogP contribution in [0.5, 0.6) is 5.75 Å². The van der Waals surface area contributed by atoms with Crippen molar-refractivity contribution in [2.24, 2.45) is 0 Å². The van der Waals surface area contributed by atoms with E-state index in [-0.39, 0.29) is 11.6 Å². The molecule has 0 amide bonds. The first kappa shape index (κ1) is 27.3. The van der Waals surface area contributed by atoms with Crippen LogP contribution < -0.4 is 10.3 Å². The van der Waals surface area contributed by atoms with Gasteiger partial charge in [0.2, 0.25) is 0 Å². The van der Waals surface area contributed by atoms with Crippen molar-refractivity contribution in [2.75, 3.05) is 13.7 Å². The molecule has 0 aliphatic rings. The Bertz CT molecular complexity index is 1630. The zero-order valence-corrected chi connectivity index (χ0v) is 23.6. The van der Waals surface area contributed by atoms with Crippen LogP contribution in [0.3, 0.4) is 0 Å². The van der Waals surface area contributed by atoms with Crippen molar-refractivity contribution in [1.29, 1.82) is 0 Å². The smallest absolute Gasteiger partial charge is 0.252 e. The Kier molecular flexibility index (Phi) is 8.36. The van der Waals surface area contributed by atoms with Gasteiger partial charge in [0, 0.05) is 24.0 Å². The SMILES string of the molecule is CCC(c1nnnn1Cc1ccc(OC)cc1)N(CCc1ccccc1)Cc1cc2c(C)ccc(C)c2[nH]c1=O. The van der Waals surface area contributed by atoms with Crippen LogP contribution in [0.2, 0.25) is 0 Å². The molecule has 2 aromatic heterocycles. The summed E-state index contributed by atoms with van der Waals surface area (Å²) < 4.78 is 7.17. The van der Waals surface area contributed by atoms with Gasteiger partial charge in [-0.2, -0.15) is 0 Å². The van der Waals surface area contributed by atoms with Crippen LogP contribution in [0.1, 0.15) is 53.0 Å². The lowest BCUT2D eigenvalue weighted by molar-refractivity contribution is 0.172. The molecule has 1 N–H and O–H groups in total. The highest BCUT2D eigenvalue weighted by Crippen LogP contribution is 2.26. The highest BCUT2D eigenvalue weighted by atomic mass is 16.5. The summed E-state index contributed by atoms with van der Waals surface area (Å²) >= 11 is 0. The molecule has 0 bridgehead atoms. The molecule has 206 valence electrons. The summed E-state index contributed by atoms with van der Waals surface area (Å²) in [6.45, 7) is 8.04. The molecule has 5 rings (SSSR count). The summed E-state index contributed by atoms with van der Waals surface area (Å²) in [4.78, 5) is 18.8. The summed E-state index contributed by atoms with van der Waals surface area (Å²) in [5.74, 6) is 1.60. The van der Waals surface area contributed by atoms with Gasteiger partial charge in [0.05, 0.1) is 25.2 Å². The van der Waals surface area contributed by atoms with Crippen LogP contribution in [0.15, 0.2) is 77.6 Å². The number of methoxy groups -OCH3 is 1. The maximum Gasteiger partial charge on any atom is 0.252 e. The number of ether oxygens (including phenoxy) is 1. The normalized spacial score (nSPS) is 12.2. The molecule has 5 aromatic rings. The molecule has 0 aliphatic carbocycles. The number of aryl methyl sites for hydroxylation is 2. The minimum Gasteiger partial charge on any atom is -0.497 e. The number of benzene rings is 3. The molecular weight excluding hydrogens is 500 g/mol. The van der Waals surface area contributed by atoms with E-state index < -0.39 is 0 Å². The predicted molar refractivity (Wildman–Crippen MR) is 158 cm³/mol. The average Bonchev–Trinajstić information content (AvgIpc) is 3.43. The second-order valence-corrected chi connectivity index (χ2v) is 10.3. The minimum atomic E-state index is -0.0781. The van der Waals surface area contributed by atoms with Gasteiger partial charge in [-0.3, -0.25) is 9.69 Å². The molecule has 0 fully saturated rings. The minimum absolute atomic E-state index is 0.0569. The van der Waals surface area contributed by atoms with Gasteiger partial charge in [-0.25, -0.2) is 4.68 Å². The van der Waals surface area contributed by atoms with Gasteiger partial charge in [0.1, 0.15) is 5.75 Å². The summed E-state index contributed by atoms with van der Waals surface area (Å²) in [5.41, 5.74) is 6.12. The number of H-pyrrole nitrogens is 1. The Hall–Kier alpha value is -4.30. The zero-order valence-electron chi connectivity index (χ0n) is 23.6. The summed E-state index contributed by atoms with van der Waals surface area (Å²) in [5, 5.41) is 14.0. The van der Waals surface area contributed by atoms with Crippen LogP contribution >= 0.6 is 0 Å². The van der Waals surface area contributed by atoms with Gasteiger partial charge in [-0.1, -0.05) is 61.5 Å². The van der Waals surface area contributed by atoms with Crippen LogP contribution in [-0.2, 0) is 19.5 Å². The van der Waals surface area contributed by atoms with E-state index in [9.17, 15) is 4.79 Å². The molecule has 0 saturated heterocycles. The number of nitrogens with one attached hydrogen (secondary N) is 1. The number of tetrazole rings is 1. The fourth-order valence-corrected chi connectivity index (χ4v) is 5.29. The van der Waals surface area contributed by atoms with E-state index in [1.54, 1.807) is 7.11 Å². The van der Waals surface area contributed by atoms with Gasteiger partial charge in [-0.15, -0.1) is 5.10 Å². The largest absolute Gasteiger partial charge is 0.497 e. The molecule has 8 nitrogen and oxygen atoms in total. The predicted octanol–water partition coefficient (Wildman–Crippen LogP) is 5.38. The van der Waals surface area contributed by atoms with Crippen LogP contribution in [0.25, 0.3) is 10.9 Å². The van der Waals surface area contributed by atoms with Crippen molar-refractivity contribution in [1.82, 2.24) is 30.1 Å². The molecule has 0 spiro atoms. The second kappa shape index (κ2) is 12.3. The second-order valence-electron chi connectivity index (χ2n) is 10.3. The van der Waals surface area contributed by atoms with E-state index in [2.05, 4.69) is 81.7 Å². The number of aromatic nitrogens is 5. The monoisotopic (exact) mass is 536 g/mol. The Morgan fingerprint density at radius 2 is 1.73 bits per heavy atom. The highest BCUT2D eigenvalue weighted by molar-refractivity contribution is 5.85. The fourth-order valence-electron chi connectivity index (χ4n) is 5.29. The first-order chi connectivity index (χ1) is 19.5. The number of hydrogen-bond donors (Lipinski definition) is 1. The lowest BCUT2D eigenvalue weighted by atomic mass is 10.0. The lowest BCUT2D eigenvalue weighted by Crippen LogP contribution is -2.34. The van der Waals surface area contributed by atoms with Gasteiger partial charge in [-0.05, 0) is 77.6 Å². The molecule has 0 saturated carbocycles. The molecule has 0 radical (unpaired) electrons. The third-order valence-electron chi connectivity index (χ3n) is 7.60. The van der Waals surface area contributed by atoms with Crippen molar-refractivity contribution in [3.8, 4) is 5.75 Å². The molecule has 3 aromatic carbocycles. The Morgan fingerprint density at radius 3 is 2.45 bits per heavy atom. The maximum absolute atomic E-state index is 13.3. The Balaban J connectivity index is 1.49. The van der Waals surface area contributed by atoms with Crippen molar-refractivity contribution in [2.45, 2.75) is 52.7 Å². The van der Waals surface area contributed by atoms with Crippen LogP contribution in [0.4, 0.5) is 0 Å². The van der Waals surface area contributed by atoms with Gasteiger partial charge >= 0.3 is 0 Å². The lowest BCUT2D eigenvalue weighted by Gasteiger charge is -2.30. The summed E-state index contributed by atoms with van der Waals surface area (Å²) in [7, 11) is 1.66. The molecule has 1 atom stereocenters. The number of rotatable bonds is 11. The van der Waals surface area contributed by atoms with E-state index in [4.69, 9.17) is 4.74 Å². The van der Waals surface area contributed by atoms with Gasteiger partial charge in [0.25, 0.3) is 5.56 Å². The molecular formula is C32H36N6O2. The average molecular weight is 537 g/mol. The van der Waals surface area contributed by atoms with Crippen molar-refractivity contribution in [3.05, 3.63) is 117 Å². The van der Waals surface area contributed by atoms with Crippen LogP contribution in [-0.4, -0.2) is 43.7 Å². The van der Waals surface area contributed by atoms with Gasteiger partial charge in [0.15, 0.2) is 5.82 Å². The summed E-state index contributed by atoms with van der Waals surface area (Å²) in [6.07, 6.45) is 1.64. The molecule has 40 heavy (non-hydrogen) atoms. The van der Waals surface area contributed by atoms with Crippen molar-refractivity contribution < 1.29 is 4.74 Å². The van der Waals surface area contributed by atoms with E-state index >= 15 is 0 Å². The number of pyridine rings is 1. The first-order valence-corrected chi connectivity index (χ1v) is 13.8. The molecule has 8 heteroatoms. The number of hydrogen-bond acceptors (Lipinski definition) is 6. The Labute approximate surface area is 234 Å². The summed E-state index contributed by atoms with van der Waals surface area (Å²) in [6, 6.07) is 24.5. The van der Waals surface area contributed by atoms with Crippen molar-refractivity contribution in [3.63, 3.8) is 0 Å². The Morgan fingerprint density at radius 1 is 0.975 bits per heavy atom. The maximum atomic E-state index is 13.3. The van der Waals surface area contributed by atoms with Gasteiger partial charge < -0.3 is 9.72 Å². The van der Waals surface area contributed by atoms with E-state index in [1.807, 2.05) is 41.9 Å². The number of fused-ring (bicyclic) bond motifs is 1. The standard InChI is InChI=1S/C32H36N6O2/c1-5-29(31-34-35-36-38(31)20-25-13-15-27(40-4)16-14-25)37(18-17-24-9-7-6-8-10-24)21-26-19-28-22(2)11-12-23(3)30(28)33-32(26)39/h6-16,19,29H,5,17-18,20-21H2,1-4H3,(H,33,39). The molecule has 0 aliphatic heterocycles. The number of aromatic amines is 1. The van der Waals surface area contributed by atoms with E-state index in [0.29, 0.717) is 13.1 Å².